The van der Waals surface area contributed by atoms with Crippen LogP contribution in [0.3, 0.4) is 0 Å². The molecule has 0 saturated heterocycles. The van der Waals surface area contributed by atoms with Crippen molar-refractivity contribution >= 4 is 5.52 Å². The average molecular weight is 176 g/mol. The lowest BCUT2D eigenvalue weighted by Crippen LogP contribution is -2.12. The van der Waals surface area contributed by atoms with Gasteiger partial charge in [-0.3, -0.25) is 4.79 Å². The lowest BCUT2D eigenvalue weighted by Gasteiger charge is -2.03. The summed E-state index contributed by atoms with van der Waals surface area (Å²) < 4.78 is 1.93. The quantitative estimate of drug-likeness (QED) is 0.649. The maximum atomic E-state index is 11.5. The van der Waals surface area contributed by atoms with Gasteiger partial charge in [-0.2, -0.15) is 0 Å². The van der Waals surface area contributed by atoms with Gasteiger partial charge < -0.3 is 9.38 Å². The van der Waals surface area contributed by atoms with Gasteiger partial charge in [0.2, 0.25) is 0 Å². The van der Waals surface area contributed by atoms with Crippen LogP contribution in [0.5, 0.6) is 0 Å². The predicted molar refractivity (Wildman–Crippen MR) is 52.2 cm³/mol. The Morgan fingerprint density at radius 1 is 1.31 bits per heavy atom. The highest BCUT2D eigenvalue weighted by molar-refractivity contribution is 5.49. The summed E-state index contributed by atoms with van der Waals surface area (Å²) in [5.41, 5.74) is 3.83. The van der Waals surface area contributed by atoms with Crippen molar-refractivity contribution in [2.75, 3.05) is 0 Å². The molecule has 0 radical (unpaired) electrons. The number of nitrogens with zero attached hydrogens (tertiary/aromatic N) is 1. The number of nitrogens with one attached hydrogen (secondary N) is 1. The maximum absolute atomic E-state index is 11.5. The van der Waals surface area contributed by atoms with Crippen LogP contribution < -0.4 is 5.56 Å². The first-order chi connectivity index (χ1) is 6.09. The molecule has 3 heteroatoms. The molecule has 68 valence electrons. The van der Waals surface area contributed by atoms with Crippen LogP contribution in [0, 0.1) is 20.8 Å². The normalized spacial score (nSPS) is 11.0. The molecule has 0 bridgehead atoms. The first-order valence-electron chi connectivity index (χ1n) is 4.28. The molecule has 3 nitrogen and oxygen atoms in total. The van der Waals surface area contributed by atoms with Crippen LogP contribution in [0.4, 0.5) is 0 Å². The van der Waals surface area contributed by atoms with Crippen LogP contribution in [-0.4, -0.2) is 9.38 Å². The number of aryl methyl sites for hydroxylation is 3. The summed E-state index contributed by atoms with van der Waals surface area (Å²) in [6.07, 6.45) is 1.98. The van der Waals surface area contributed by atoms with Crippen molar-refractivity contribution in [1.82, 2.24) is 9.38 Å². The number of H-pyrrole nitrogens is 1. The molecule has 0 atom stereocenters. The first-order valence-corrected chi connectivity index (χ1v) is 4.28. The van der Waals surface area contributed by atoms with Gasteiger partial charge in [-0.05, 0) is 32.4 Å². The Balaban J connectivity index is 3.04. The fourth-order valence-corrected chi connectivity index (χ4v) is 1.55. The summed E-state index contributed by atoms with van der Waals surface area (Å²) in [6.45, 7) is 5.89. The molecule has 0 fully saturated rings. The molecule has 2 aromatic rings. The van der Waals surface area contributed by atoms with Crippen molar-refractivity contribution in [2.24, 2.45) is 0 Å². The van der Waals surface area contributed by atoms with Crippen molar-refractivity contribution in [1.29, 1.82) is 0 Å². The van der Waals surface area contributed by atoms with E-state index in [1.807, 2.05) is 37.4 Å². The topological polar surface area (TPSA) is 37.3 Å². The predicted octanol–water partition coefficient (Wildman–Crippen LogP) is 1.55. The smallest absolute Gasteiger partial charge is 0.272 e. The van der Waals surface area contributed by atoms with Gasteiger partial charge in [0.1, 0.15) is 5.52 Å². The van der Waals surface area contributed by atoms with E-state index in [-0.39, 0.29) is 5.56 Å². The summed E-state index contributed by atoms with van der Waals surface area (Å²) in [6, 6.07) is 1.89. The third kappa shape index (κ3) is 1.08. The second kappa shape index (κ2) is 2.49. The van der Waals surface area contributed by atoms with Crippen molar-refractivity contribution in [3.63, 3.8) is 0 Å². The van der Waals surface area contributed by atoms with Crippen molar-refractivity contribution in [3.8, 4) is 0 Å². The van der Waals surface area contributed by atoms with Gasteiger partial charge in [0.15, 0.2) is 0 Å². The van der Waals surface area contributed by atoms with Crippen molar-refractivity contribution in [3.05, 3.63) is 39.6 Å². The van der Waals surface area contributed by atoms with Crippen molar-refractivity contribution < 1.29 is 0 Å². The lowest BCUT2D eigenvalue weighted by molar-refractivity contribution is 0.980. The number of aromatic amines is 1. The van der Waals surface area contributed by atoms with Crippen molar-refractivity contribution in [2.45, 2.75) is 20.8 Å². The van der Waals surface area contributed by atoms with Gasteiger partial charge in [0.25, 0.3) is 5.56 Å². The van der Waals surface area contributed by atoms with Gasteiger partial charge in [0, 0.05) is 17.6 Å². The standard InChI is InChI=1S/C10H12N2O/c1-6-4-9-10(13)11-7(2)8(3)12(9)5-6/h4-5H,1-3H3,(H,11,13). The fourth-order valence-electron chi connectivity index (χ4n) is 1.55. The molecular formula is C10H12N2O. The highest BCUT2D eigenvalue weighted by Gasteiger charge is 2.04. The third-order valence-corrected chi connectivity index (χ3v) is 2.39. The van der Waals surface area contributed by atoms with E-state index in [4.69, 9.17) is 0 Å². The number of aromatic nitrogens is 2. The highest BCUT2D eigenvalue weighted by atomic mass is 16.1. The molecule has 0 aliphatic carbocycles. The molecule has 0 unspecified atom stereocenters. The van der Waals surface area contributed by atoms with Gasteiger partial charge in [-0.15, -0.1) is 0 Å². The summed E-state index contributed by atoms with van der Waals surface area (Å²) in [5, 5.41) is 0. The average Bonchev–Trinajstić information content (AvgIpc) is 2.44. The van der Waals surface area contributed by atoms with E-state index in [2.05, 4.69) is 4.98 Å². The molecule has 2 aromatic heterocycles. The lowest BCUT2D eigenvalue weighted by atomic mass is 10.3. The second-order valence-electron chi connectivity index (χ2n) is 3.44. The first kappa shape index (κ1) is 8.10. The SMILES string of the molecule is Cc1cc2c(=O)[nH]c(C)c(C)n2c1. The van der Waals surface area contributed by atoms with E-state index < -0.39 is 0 Å². The molecule has 2 heterocycles. The van der Waals surface area contributed by atoms with Crippen LogP contribution in [0.25, 0.3) is 5.52 Å². The van der Waals surface area contributed by atoms with Crippen LogP contribution in [0.1, 0.15) is 17.0 Å². The second-order valence-corrected chi connectivity index (χ2v) is 3.44. The Bertz CT molecular complexity index is 519. The minimum absolute atomic E-state index is 0.0174. The zero-order chi connectivity index (χ0) is 9.59. The van der Waals surface area contributed by atoms with E-state index in [1.165, 1.54) is 0 Å². The van der Waals surface area contributed by atoms with Gasteiger partial charge in [-0.1, -0.05) is 0 Å². The Hall–Kier alpha value is -1.51. The highest BCUT2D eigenvalue weighted by Crippen LogP contribution is 2.09. The Morgan fingerprint density at radius 2 is 2.00 bits per heavy atom. The zero-order valence-corrected chi connectivity index (χ0v) is 8.01. The van der Waals surface area contributed by atoms with Gasteiger partial charge in [-0.25, -0.2) is 0 Å². The summed E-state index contributed by atoms with van der Waals surface area (Å²) >= 11 is 0. The molecule has 13 heavy (non-hydrogen) atoms. The largest absolute Gasteiger partial charge is 0.323 e. The Kier molecular flexibility index (Phi) is 1.55. The van der Waals surface area contributed by atoms with Crippen LogP contribution in [-0.2, 0) is 0 Å². The van der Waals surface area contributed by atoms with E-state index >= 15 is 0 Å². The number of hydrogen-bond donors (Lipinski definition) is 1. The molecular weight excluding hydrogens is 164 g/mol. The van der Waals surface area contributed by atoms with Crippen LogP contribution in [0.2, 0.25) is 0 Å². The number of hydrogen-bond acceptors (Lipinski definition) is 1. The fraction of sp³-hybridized carbons (Fsp3) is 0.300. The summed E-state index contributed by atoms with van der Waals surface area (Å²) in [4.78, 5) is 14.3. The van der Waals surface area contributed by atoms with E-state index in [1.54, 1.807) is 0 Å². The molecule has 0 aliphatic heterocycles. The van der Waals surface area contributed by atoms with E-state index in [0.29, 0.717) is 0 Å². The van der Waals surface area contributed by atoms with Gasteiger partial charge >= 0.3 is 0 Å². The Morgan fingerprint density at radius 3 is 2.69 bits per heavy atom. The number of rotatable bonds is 0. The minimum atomic E-state index is -0.0174. The Labute approximate surface area is 76.0 Å². The third-order valence-electron chi connectivity index (χ3n) is 2.39. The monoisotopic (exact) mass is 176 g/mol. The molecule has 1 N–H and O–H groups in total. The molecule has 0 spiro atoms. The summed E-state index contributed by atoms with van der Waals surface area (Å²) in [7, 11) is 0. The van der Waals surface area contributed by atoms with E-state index in [0.717, 1.165) is 22.5 Å². The molecule has 0 aromatic carbocycles. The minimum Gasteiger partial charge on any atom is -0.323 e. The van der Waals surface area contributed by atoms with E-state index in [9.17, 15) is 4.79 Å². The molecule has 2 rings (SSSR count). The molecule has 0 saturated carbocycles. The zero-order valence-electron chi connectivity index (χ0n) is 8.01. The number of fused-ring (bicyclic) bond motifs is 1. The summed E-state index contributed by atoms with van der Waals surface area (Å²) in [5.74, 6) is 0. The van der Waals surface area contributed by atoms with Crippen LogP contribution >= 0.6 is 0 Å². The maximum Gasteiger partial charge on any atom is 0.272 e. The van der Waals surface area contributed by atoms with Crippen LogP contribution in [0.15, 0.2) is 17.1 Å². The molecule has 0 amide bonds. The molecule has 0 aliphatic rings. The van der Waals surface area contributed by atoms with Gasteiger partial charge in [0.05, 0.1) is 0 Å².